The number of nitrogens with one attached hydrogen (secondary N) is 3. The topological polar surface area (TPSA) is 108 Å². The molecule has 9 nitrogen and oxygen atoms in total. The first-order valence-electron chi connectivity index (χ1n) is 13.3. The van der Waals surface area contributed by atoms with Crippen LogP contribution in [0.2, 0.25) is 5.02 Å². The number of carbonyl (C=O) groups is 2. The van der Waals surface area contributed by atoms with E-state index in [1.54, 1.807) is 4.90 Å². The lowest BCUT2D eigenvalue weighted by Crippen LogP contribution is -2.60. The van der Waals surface area contributed by atoms with Crippen LogP contribution < -0.4 is 10.6 Å². The van der Waals surface area contributed by atoms with Crippen LogP contribution in [0.1, 0.15) is 53.9 Å². The summed E-state index contributed by atoms with van der Waals surface area (Å²) in [5, 5.41) is 15.7. The predicted octanol–water partition coefficient (Wildman–Crippen LogP) is 4.81. The molecule has 0 aliphatic carbocycles. The lowest BCUT2D eigenvalue weighted by Gasteiger charge is -2.38. The van der Waals surface area contributed by atoms with Crippen molar-refractivity contribution in [3.63, 3.8) is 0 Å². The summed E-state index contributed by atoms with van der Waals surface area (Å²) in [6.45, 7) is 13.5. The van der Waals surface area contributed by atoms with E-state index in [1.807, 2.05) is 47.9 Å². The van der Waals surface area contributed by atoms with Crippen LogP contribution in [-0.2, 0) is 23.3 Å². The van der Waals surface area contributed by atoms with Gasteiger partial charge in [-0.05, 0) is 41.7 Å². The van der Waals surface area contributed by atoms with Gasteiger partial charge in [0.15, 0.2) is 5.82 Å². The number of rotatable bonds is 8. The number of nitrogens with zero attached hydrogens (tertiary/aromatic N) is 4. The van der Waals surface area contributed by atoms with Crippen LogP contribution in [0, 0.1) is 6.92 Å². The molecule has 0 bridgehead atoms. The average molecular weight is 560 g/mol. The second-order valence-corrected chi connectivity index (χ2v) is 11.6. The Hall–Kier alpha value is -4.11. The van der Waals surface area contributed by atoms with Gasteiger partial charge in [-0.2, -0.15) is 5.10 Å². The van der Waals surface area contributed by atoms with Gasteiger partial charge < -0.3 is 20.1 Å². The zero-order chi connectivity index (χ0) is 28.6. The minimum atomic E-state index is -0.211. The van der Waals surface area contributed by atoms with Gasteiger partial charge in [0.25, 0.3) is 5.91 Å². The Morgan fingerprint density at radius 3 is 2.60 bits per heavy atom. The summed E-state index contributed by atoms with van der Waals surface area (Å²) >= 11 is 6.56. The quantitative estimate of drug-likeness (QED) is 0.269. The van der Waals surface area contributed by atoms with Gasteiger partial charge in [-0.25, -0.2) is 4.98 Å². The molecular weight excluding hydrogens is 526 g/mol. The molecule has 208 valence electrons. The van der Waals surface area contributed by atoms with E-state index in [1.165, 1.54) is 6.08 Å². The molecule has 1 aliphatic rings. The van der Waals surface area contributed by atoms with Crippen molar-refractivity contribution in [2.75, 3.05) is 18.4 Å². The molecule has 40 heavy (non-hydrogen) atoms. The van der Waals surface area contributed by atoms with Crippen LogP contribution in [0.25, 0.3) is 10.9 Å². The zero-order valence-electron chi connectivity index (χ0n) is 23.2. The Balaban J connectivity index is 1.41. The molecule has 3 N–H and O–H groups in total. The first-order valence-corrected chi connectivity index (χ1v) is 13.7. The van der Waals surface area contributed by atoms with Gasteiger partial charge >= 0.3 is 0 Å². The van der Waals surface area contributed by atoms with Crippen LogP contribution in [-0.4, -0.2) is 55.6 Å². The summed E-state index contributed by atoms with van der Waals surface area (Å²) in [5.41, 5.74) is 3.95. The molecule has 0 saturated carbocycles. The SMILES string of the molecule is C=CC(=O)N1CC(NC(=O)c2c(C)nc(CNc3n[nH]c4cc(Cl)c(C(C)(C)C)cc34)n2Cc2ccccc2)C1. The number of anilines is 1. The summed E-state index contributed by atoms with van der Waals surface area (Å²) in [6.07, 6.45) is 1.29. The third-order valence-electron chi connectivity index (χ3n) is 7.20. The molecule has 2 aromatic heterocycles. The number of halogens is 1. The van der Waals surface area contributed by atoms with E-state index in [0.717, 1.165) is 22.0 Å². The predicted molar refractivity (Wildman–Crippen MR) is 158 cm³/mol. The molecule has 4 aromatic rings. The minimum absolute atomic E-state index is 0.114. The standard InChI is InChI=1S/C30H34ClN7O2/c1-6-26(39)37-16-20(17-37)34-29(40)27-18(2)33-25(38(27)15-19-10-8-7-9-11-19)14-32-28-21-12-22(30(3,4)5)23(31)13-24(21)35-36-28/h6-13,20H,1,14-17H2,2-5H3,(H,34,40)(H2,32,35,36). The Morgan fingerprint density at radius 1 is 1.20 bits per heavy atom. The fourth-order valence-electron chi connectivity index (χ4n) is 5.03. The highest BCUT2D eigenvalue weighted by Crippen LogP contribution is 2.34. The van der Waals surface area contributed by atoms with E-state index in [9.17, 15) is 9.59 Å². The smallest absolute Gasteiger partial charge is 0.270 e. The number of H-pyrrole nitrogens is 1. The van der Waals surface area contributed by atoms with E-state index >= 15 is 0 Å². The van der Waals surface area contributed by atoms with Gasteiger partial charge in [0.05, 0.1) is 23.8 Å². The number of benzene rings is 2. The summed E-state index contributed by atoms with van der Waals surface area (Å²) < 4.78 is 1.95. The number of hydrogen-bond donors (Lipinski definition) is 3. The second kappa shape index (κ2) is 10.8. The number of carbonyl (C=O) groups excluding carboxylic acids is 2. The van der Waals surface area contributed by atoms with E-state index in [2.05, 4.69) is 54.2 Å². The lowest BCUT2D eigenvalue weighted by atomic mass is 9.86. The molecule has 10 heteroatoms. The van der Waals surface area contributed by atoms with Gasteiger partial charge in [0.1, 0.15) is 11.5 Å². The van der Waals surface area contributed by atoms with Crippen molar-refractivity contribution in [3.05, 3.63) is 88.5 Å². The van der Waals surface area contributed by atoms with Crippen LogP contribution in [0.4, 0.5) is 5.82 Å². The maximum atomic E-state index is 13.5. The van der Waals surface area contributed by atoms with E-state index in [-0.39, 0.29) is 23.3 Å². The fourth-order valence-corrected chi connectivity index (χ4v) is 5.48. The van der Waals surface area contributed by atoms with E-state index in [4.69, 9.17) is 16.6 Å². The van der Waals surface area contributed by atoms with Crippen molar-refractivity contribution in [1.29, 1.82) is 0 Å². The van der Waals surface area contributed by atoms with E-state index < -0.39 is 0 Å². The number of likely N-dealkylation sites (tertiary alicyclic amines) is 1. The molecule has 1 fully saturated rings. The normalized spacial score (nSPS) is 13.8. The summed E-state index contributed by atoms with van der Waals surface area (Å²) in [5.74, 6) is 1.06. The highest BCUT2D eigenvalue weighted by atomic mass is 35.5. The van der Waals surface area contributed by atoms with Crippen molar-refractivity contribution in [2.24, 2.45) is 0 Å². The number of hydrogen-bond acceptors (Lipinski definition) is 5. The van der Waals surface area contributed by atoms with Crippen molar-refractivity contribution < 1.29 is 9.59 Å². The number of imidazole rings is 1. The minimum Gasteiger partial charge on any atom is -0.361 e. The van der Waals surface area contributed by atoms with Crippen LogP contribution in [0.3, 0.4) is 0 Å². The molecule has 5 rings (SSSR count). The molecule has 2 amide bonds. The van der Waals surface area contributed by atoms with Gasteiger partial charge in [0, 0.05) is 30.0 Å². The second-order valence-electron chi connectivity index (χ2n) is 11.2. The van der Waals surface area contributed by atoms with Crippen LogP contribution in [0.15, 0.2) is 55.1 Å². The summed E-state index contributed by atoms with van der Waals surface area (Å²) in [7, 11) is 0. The molecular formula is C30H34ClN7O2. The Bertz CT molecular complexity index is 1580. The Labute approximate surface area is 238 Å². The van der Waals surface area contributed by atoms with Gasteiger partial charge in [-0.3, -0.25) is 14.7 Å². The summed E-state index contributed by atoms with van der Waals surface area (Å²) in [6, 6.07) is 13.8. The van der Waals surface area contributed by atoms with Gasteiger partial charge in [-0.15, -0.1) is 0 Å². The molecule has 2 aromatic carbocycles. The molecule has 1 saturated heterocycles. The maximum absolute atomic E-state index is 13.5. The molecule has 3 heterocycles. The largest absolute Gasteiger partial charge is 0.361 e. The number of aromatic nitrogens is 4. The molecule has 1 aliphatic heterocycles. The third kappa shape index (κ3) is 5.47. The molecule has 0 spiro atoms. The highest BCUT2D eigenvalue weighted by molar-refractivity contribution is 6.32. The van der Waals surface area contributed by atoms with Gasteiger partial charge in [-0.1, -0.05) is 69.3 Å². The third-order valence-corrected chi connectivity index (χ3v) is 7.51. The Morgan fingerprint density at radius 2 is 1.93 bits per heavy atom. The highest BCUT2D eigenvalue weighted by Gasteiger charge is 2.32. The first kappa shape index (κ1) is 27.5. The molecule has 0 radical (unpaired) electrons. The van der Waals surface area contributed by atoms with Crippen molar-refractivity contribution in [3.8, 4) is 0 Å². The number of amides is 2. The lowest BCUT2D eigenvalue weighted by molar-refractivity contribution is -0.130. The number of fused-ring (bicyclic) bond motifs is 1. The van der Waals surface area contributed by atoms with Gasteiger partial charge in [0.2, 0.25) is 5.91 Å². The average Bonchev–Trinajstić information content (AvgIpc) is 3.42. The van der Waals surface area contributed by atoms with Crippen molar-refractivity contribution in [1.82, 2.24) is 30.0 Å². The number of aromatic amines is 1. The van der Waals surface area contributed by atoms with Crippen LogP contribution >= 0.6 is 11.6 Å². The summed E-state index contributed by atoms with van der Waals surface area (Å²) in [4.78, 5) is 31.7. The maximum Gasteiger partial charge on any atom is 0.270 e. The fraction of sp³-hybridized carbons (Fsp3) is 0.333. The molecule has 0 atom stereocenters. The first-order chi connectivity index (χ1) is 19.0. The van der Waals surface area contributed by atoms with E-state index in [0.29, 0.717) is 54.2 Å². The van der Waals surface area contributed by atoms with Crippen LogP contribution in [0.5, 0.6) is 0 Å². The number of aryl methyl sites for hydroxylation is 1. The van der Waals surface area contributed by atoms with Crippen molar-refractivity contribution in [2.45, 2.75) is 52.2 Å². The monoisotopic (exact) mass is 559 g/mol. The van der Waals surface area contributed by atoms with Crippen molar-refractivity contribution >= 4 is 40.1 Å². The molecule has 0 unspecified atom stereocenters. The Kier molecular flexibility index (Phi) is 7.42. The zero-order valence-corrected chi connectivity index (χ0v) is 24.0.